The van der Waals surface area contributed by atoms with Gasteiger partial charge in [0.25, 0.3) is 5.91 Å². The number of rotatable bonds is 2. The van der Waals surface area contributed by atoms with Gasteiger partial charge >= 0.3 is 0 Å². The van der Waals surface area contributed by atoms with Crippen LogP contribution in [0.4, 0.5) is 0 Å². The molecule has 1 saturated heterocycles. The summed E-state index contributed by atoms with van der Waals surface area (Å²) in [6, 6.07) is 0.563. The second-order valence-electron chi connectivity index (χ2n) is 5.50. The fraction of sp³-hybridized carbons (Fsp3) is 0.538. The van der Waals surface area contributed by atoms with Crippen LogP contribution in [0.5, 0.6) is 0 Å². The van der Waals surface area contributed by atoms with Crippen molar-refractivity contribution in [3.05, 3.63) is 28.6 Å². The number of nitrogens with one attached hydrogen (secondary N) is 3. The van der Waals surface area contributed by atoms with E-state index in [9.17, 15) is 4.79 Å². The van der Waals surface area contributed by atoms with Crippen LogP contribution in [-0.4, -0.2) is 51.4 Å². The third-order valence-corrected chi connectivity index (χ3v) is 4.48. The Hall–Kier alpha value is -1.38. The van der Waals surface area contributed by atoms with E-state index in [1.54, 1.807) is 11.1 Å². The van der Waals surface area contributed by atoms with E-state index in [2.05, 4.69) is 55.6 Å². The molecule has 1 fully saturated rings. The molecule has 0 aromatic carbocycles. The molecule has 3 atom stereocenters. The van der Waals surface area contributed by atoms with E-state index in [0.29, 0.717) is 6.67 Å². The summed E-state index contributed by atoms with van der Waals surface area (Å²) in [7, 11) is 0. The Kier molecular flexibility index (Phi) is 4.01. The average Bonchev–Trinajstić information content (AvgIpc) is 2.95. The summed E-state index contributed by atoms with van der Waals surface area (Å²) in [4.78, 5) is 12.2. The molecule has 1 amide bonds. The van der Waals surface area contributed by atoms with Crippen molar-refractivity contribution in [2.24, 2.45) is 0 Å². The molecule has 21 heavy (non-hydrogen) atoms. The van der Waals surface area contributed by atoms with Crippen LogP contribution < -0.4 is 10.6 Å². The highest BCUT2D eigenvalue weighted by molar-refractivity contribution is 9.11. The Labute approximate surface area is 131 Å². The van der Waals surface area contributed by atoms with Crippen LogP contribution in [0.3, 0.4) is 0 Å². The molecule has 3 unspecified atom stereocenters. The van der Waals surface area contributed by atoms with Crippen LogP contribution in [0, 0.1) is 0 Å². The van der Waals surface area contributed by atoms with Crippen LogP contribution in [0.25, 0.3) is 0 Å². The van der Waals surface area contributed by atoms with Gasteiger partial charge in [-0.05, 0) is 29.8 Å². The molecule has 0 aliphatic carbocycles. The molecule has 3 N–H and O–H groups in total. The van der Waals surface area contributed by atoms with E-state index in [-0.39, 0.29) is 24.0 Å². The lowest BCUT2D eigenvalue weighted by Crippen LogP contribution is -2.64. The highest BCUT2D eigenvalue weighted by Gasteiger charge is 2.37. The maximum Gasteiger partial charge on any atom is 0.265 e. The first-order valence-corrected chi connectivity index (χ1v) is 7.79. The molecule has 0 saturated carbocycles. The zero-order valence-corrected chi connectivity index (χ0v) is 13.6. The summed E-state index contributed by atoms with van der Waals surface area (Å²) in [5.74, 6) is -0.00693. The standard InChI is InChI=1S/C13H19BrN6O/c1-8-6-19(20-7-15-11(14)3-12(20)21)9(2)13(18-8)10-4-16-17-5-10/h3-5,8-9,13,15,18H,6-7H2,1-2H3,(H,16,17). The van der Waals surface area contributed by atoms with E-state index >= 15 is 0 Å². The fourth-order valence-corrected chi connectivity index (χ4v) is 3.24. The molecule has 3 rings (SSSR count). The van der Waals surface area contributed by atoms with Gasteiger partial charge in [0.05, 0.1) is 16.8 Å². The summed E-state index contributed by atoms with van der Waals surface area (Å²) in [6.45, 7) is 5.51. The third-order valence-electron chi connectivity index (χ3n) is 3.97. The number of hydrazine groups is 1. The lowest BCUT2D eigenvalue weighted by molar-refractivity contribution is -0.156. The maximum absolute atomic E-state index is 12.2. The summed E-state index contributed by atoms with van der Waals surface area (Å²) in [6.07, 6.45) is 5.30. The summed E-state index contributed by atoms with van der Waals surface area (Å²) >= 11 is 3.31. The number of nitrogens with zero attached hydrogens (tertiary/aromatic N) is 3. The van der Waals surface area contributed by atoms with Crippen molar-refractivity contribution in [2.75, 3.05) is 13.2 Å². The van der Waals surface area contributed by atoms with Crippen molar-refractivity contribution in [1.82, 2.24) is 30.8 Å². The minimum Gasteiger partial charge on any atom is -0.361 e. The highest BCUT2D eigenvalue weighted by atomic mass is 79.9. The molecule has 0 bridgehead atoms. The highest BCUT2D eigenvalue weighted by Crippen LogP contribution is 2.27. The van der Waals surface area contributed by atoms with Gasteiger partial charge in [0.1, 0.15) is 6.67 Å². The van der Waals surface area contributed by atoms with Crippen molar-refractivity contribution in [2.45, 2.75) is 32.0 Å². The van der Waals surface area contributed by atoms with Crippen LogP contribution in [0.2, 0.25) is 0 Å². The summed E-state index contributed by atoms with van der Waals surface area (Å²) in [5.41, 5.74) is 1.10. The molecule has 3 heterocycles. The van der Waals surface area contributed by atoms with E-state index < -0.39 is 0 Å². The van der Waals surface area contributed by atoms with Gasteiger partial charge in [-0.15, -0.1) is 0 Å². The SMILES string of the molecule is CC1CN(N2CNC(Br)=CC2=O)C(C)C(c2cn[nH]c2)N1. The minimum atomic E-state index is -0.00693. The number of carbonyl (C=O) groups excluding carboxylic acids is 1. The number of amides is 1. The lowest BCUT2D eigenvalue weighted by Gasteiger charge is -2.48. The third kappa shape index (κ3) is 2.83. The first kappa shape index (κ1) is 14.6. The number of halogens is 1. The monoisotopic (exact) mass is 354 g/mol. The smallest absolute Gasteiger partial charge is 0.265 e. The molecular formula is C13H19BrN6O. The normalized spacial score (nSPS) is 31.0. The van der Waals surface area contributed by atoms with E-state index in [0.717, 1.165) is 16.7 Å². The summed E-state index contributed by atoms with van der Waals surface area (Å²) in [5, 5.41) is 17.5. The largest absolute Gasteiger partial charge is 0.361 e. The predicted octanol–water partition coefficient (Wildman–Crippen LogP) is 0.674. The molecule has 2 aliphatic rings. The van der Waals surface area contributed by atoms with E-state index in [1.807, 2.05) is 12.4 Å². The van der Waals surface area contributed by atoms with Gasteiger partial charge in [0.15, 0.2) is 0 Å². The van der Waals surface area contributed by atoms with E-state index in [4.69, 9.17) is 0 Å². The molecule has 114 valence electrons. The number of hydrogen-bond donors (Lipinski definition) is 3. The lowest BCUT2D eigenvalue weighted by atomic mass is 9.98. The minimum absolute atomic E-state index is 0.00693. The number of hydrogen-bond acceptors (Lipinski definition) is 5. The Morgan fingerprint density at radius 2 is 2.24 bits per heavy atom. The Morgan fingerprint density at radius 1 is 1.43 bits per heavy atom. The molecule has 8 heteroatoms. The number of aromatic nitrogens is 2. The number of aromatic amines is 1. The first-order chi connectivity index (χ1) is 10.1. The van der Waals surface area contributed by atoms with Gasteiger partial charge < -0.3 is 10.6 Å². The molecule has 1 aromatic heterocycles. The quantitative estimate of drug-likeness (QED) is 0.680. The van der Waals surface area contributed by atoms with Crippen molar-refractivity contribution in [3.8, 4) is 0 Å². The van der Waals surface area contributed by atoms with Crippen LogP contribution >= 0.6 is 15.9 Å². The Balaban J connectivity index is 1.83. The summed E-state index contributed by atoms with van der Waals surface area (Å²) < 4.78 is 0.728. The van der Waals surface area contributed by atoms with Crippen molar-refractivity contribution < 1.29 is 4.79 Å². The van der Waals surface area contributed by atoms with Gasteiger partial charge in [-0.1, -0.05) is 0 Å². The molecular weight excluding hydrogens is 336 g/mol. The van der Waals surface area contributed by atoms with Gasteiger partial charge in [-0.25, -0.2) is 5.01 Å². The van der Waals surface area contributed by atoms with Gasteiger partial charge in [-0.3, -0.25) is 14.9 Å². The van der Waals surface area contributed by atoms with Crippen molar-refractivity contribution >= 4 is 21.8 Å². The second kappa shape index (κ2) is 5.78. The van der Waals surface area contributed by atoms with Crippen molar-refractivity contribution in [1.29, 1.82) is 0 Å². The van der Waals surface area contributed by atoms with E-state index in [1.165, 1.54) is 0 Å². The second-order valence-corrected chi connectivity index (χ2v) is 6.36. The fourth-order valence-electron chi connectivity index (χ4n) is 2.92. The number of piperazine rings is 1. The van der Waals surface area contributed by atoms with Gasteiger partial charge in [0.2, 0.25) is 0 Å². The number of carbonyl (C=O) groups is 1. The Bertz CT molecular complexity index is 545. The zero-order chi connectivity index (χ0) is 15.0. The maximum atomic E-state index is 12.2. The molecule has 0 spiro atoms. The molecule has 2 aliphatic heterocycles. The van der Waals surface area contributed by atoms with Crippen LogP contribution in [0.1, 0.15) is 25.5 Å². The number of H-pyrrole nitrogens is 1. The average molecular weight is 355 g/mol. The Morgan fingerprint density at radius 3 is 2.90 bits per heavy atom. The predicted molar refractivity (Wildman–Crippen MR) is 82.0 cm³/mol. The zero-order valence-electron chi connectivity index (χ0n) is 12.0. The van der Waals surface area contributed by atoms with Gasteiger partial charge in [-0.2, -0.15) is 5.10 Å². The molecule has 7 nitrogen and oxygen atoms in total. The van der Waals surface area contributed by atoms with Crippen molar-refractivity contribution in [3.63, 3.8) is 0 Å². The van der Waals surface area contributed by atoms with Crippen LogP contribution in [0.15, 0.2) is 23.1 Å². The topological polar surface area (TPSA) is 76.3 Å². The molecule has 0 radical (unpaired) electrons. The first-order valence-electron chi connectivity index (χ1n) is 7.00. The van der Waals surface area contributed by atoms with Crippen LogP contribution in [-0.2, 0) is 4.79 Å². The molecule has 1 aromatic rings. The van der Waals surface area contributed by atoms with Gasteiger partial charge in [0, 0.05) is 36.5 Å².